The third-order valence-electron chi connectivity index (χ3n) is 15.7. The molecular weight excluding hydrogens is 1090 g/mol. The molecule has 4 saturated carbocycles. The SMILES string of the molecule is Cc1n[nH]c(C)c1-c1ccc(NC(=O)[C@@H](NC(=O)c2c(F)cnn2CCCO)C(C2CC2)C2CC2Cc2n[nH]c(C)c2-c2ccc(NC(=O)[C@@H](NC(=O)c3c(F)cnn3CCCOC(=O)C(F)(F)F)C(C3CC3)C3CC3)nc2F)nc1F. The summed E-state index contributed by atoms with van der Waals surface area (Å²) in [6.45, 7) is 3.88. The Morgan fingerprint density at radius 3 is 1.67 bits per heavy atom. The van der Waals surface area contributed by atoms with Crippen LogP contribution in [0.15, 0.2) is 36.7 Å². The van der Waals surface area contributed by atoms with Gasteiger partial charge < -0.3 is 31.1 Å². The minimum Gasteiger partial charge on any atom is -0.459 e. The molecule has 10 rings (SSSR count). The fraction of sp³-hybridized carbons (Fsp3) is 0.500. The first-order valence-electron chi connectivity index (χ1n) is 27.1. The summed E-state index contributed by atoms with van der Waals surface area (Å²) < 4.78 is 107. The minimum atomic E-state index is -5.21. The average molecular weight is 1150 g/mol. The van der Waals surface area contributed by atoms with Gasteiger partial charge in [0.25, 0.3) is 11.8 Å². The van der Waals surface area contributed by atoms with Gasteiger partial charge in [-0.15, -0.1) is 0 Å². The van der Waals surface area contributed by atoms with Gasteiger partial charge in [0.2, 0.25) is 23.7 Å². The van der Waals surface area contributed by atoms with Crippen molar-refractivity contribution in [2.75, 3.05) is 23.8 Å². The second kappa shape index (κ2) is 23.4. The number of hydrogen-bond donors (Lipinski definition) is 7. The van der Waals surface area contributed by atoms with Crippen molar-refractivity contribution < 1.29 is 64.5 Å². The lowest BCUT2D eigenvalue weighted by Crippen LogP contribution is -2.50. The Kier molecular flexibility index (Phi) is 16.4. The van der Waals surface area contributed by atoms with Crippen molar-refractivity contribution in [2.45, 2.75) is 116 Å². The predicted molar refractivity (Wildman–Crippen MR) is 276 cm³/mol. The summed E-state index contributed by atoms with van der Waals surface area (Å²) in [5, 5.41) is 42.4. The van der Waals surface area contributed by atoms with Crippen molar-refractivity contribution in [2.24, 2.45) is 41.4 Å². The van der Waals surface area contributed by atoms with Crippen LogP contribution in [0.5, 0.6) is 0 Å². The van der Waals surface area contributed by atoms with Crippen molar-refractivity contribution in [1.29, 1.82) is 0 Å². The van der Waals surface area contributed by atoms with Gasteiger partial charge in [-0.05, 0) is 144 Å². The standard InChI is InChI=1S/C54H59F7N14O7/c1-24-39(25(2)71-70-24)31-12-14-37(64-47(31)57)67-50(78)44(69-52(80)45-34(55)22-62-74(45)16-4-18-76)42(29-10-11-29)33-20-30(33)21-36-40(26(3)72-73-36)32-13-15-38(65-48(32)58)66-49(77)43(41(27-6-7-27)28-8-9-28)68-51(79)46-35(56)23-63-75(46)17-5-19-82-53(81)54(59,60)61/h12-15,22-23,27-30,33,41-44,76H,4-11,16-21H2,1-3H3,(H,68,79)(H,69,80)(H,70,71)(H,72,73)(H,64,67,78)(H,65,66,77)/t30?,33?,42?,43-,44-/m0/s1. The van der Waals surface area contributed by atoms with Gasteiger partial charge in [-0.1, -0.05) is 0 Å². The minimum absolute atomic E-state index is 0.0104. The van der Waals surface area contributed by atoms with Gasteiger partial charge in [-0.3, -0.25) is 38.7 Å². The van der Waals surface area contributed by atoms with Gasteiger partial charge in [-0.25, -0.2) is 23.5 Å². The van der Waals surface area contributed by atoms with Crippen LogP contribution < -0.4 is 21.3 Å². The molecule has 0 spiro atoms. The molecule has 0 bridgehead atoms. The topological polar surface area (TPSA) is 282 Å². The molecule has 21 nitrogen and oxygen atoms in total. The molecular formula is C54H59F7N14O7. The Morgan fingerprint density at radius 1 is 0.695 bits per heavy atom. The Bertz CT molecular complexity index is 3370. The van der Waals surface area contributed by atoms with Crippen molar-refractivity contribution in [3.05, 3.63) is 94.4 Å². The number of ether oxygens (including phenoxy) is 1. The first-order valence-corrected chi connectivity index (χ1v) is 27.1. The van der Waals surface area contributed by atoms with Gasteiger partial charge in [0.05, 0.1) is 30.4 Å². The van der Waals surface area contributed by atoms with E-state index in [1.165, 1.54) is 24.3 Å². The highest BCUT2D eigenvalue weighted by molar-refractivity contribution is 6.01. The normalized spacial score (nSPS) is 18.0. The first kappa shape index (κ1) is 57.2. The van der Waals surface area contributed by atoms with E-state index in [9.17, 15) is 42.3 Å². The Morgan fingerprint density at radius 2 is 1.18 bits per heavy atom. The number of aryl methyl sites for hydroxylation is 5. The van der Waals surface area contributed by atoms with E-state index in [0.29, 0.717) is 53.2 Å². The van der Waals surface area contributed by atoms with Crippen LogP contribution in [0.25, 0.3) is 22.3 Å². The number of nitrogens with one attached hydrogen (secondary N) is 6. The van der Waals surface area contributed by atoms with Crippen LogP contribution in [-0.2, 0) is 38.6 Å². The predicted octanol–water partition coefficient (Wildman–Crippen LogP) is 6.82. The number of rotatable bonds is 25. The number of aliphatic hydroxyl groups is 1. The third-order valence-corrected chi connectivity index (χ3v) is 15.7. The number of aromatic amines is 2. The van der Waals surface area contributed by atoms with Crippen molar-refractivity contribution in [3.63, 3.8) is 0 Å². The number of pyridine rings is 2. The molecule has 0 aliphatic heterocycles. The molecule has 28 heteroatoms. The van der Waals surface area contributed by atoms with Crippen LogP contribution in [-0.4, -0.2) is 116 Å². The van der Waals surface area contributed by atoms with Crippen molar-refractivity contribution >= 4 is 41.2 Å². The average Bonchev–Trinajstić information content (AvgIpc) is 4.39. The monoisotopic (exact) mass is 1150 g/mol. The summed E-state index contributed by atoms with van der Waals surface area (Å²) in [6.07, 6.45) is 1.68. The summed E-state index contributed by atoms with van der Waals surface area (Å²) in [5.41, 5.74) is 2.17. The molecule has 436 valence electrons. The zero-order valence-electron chi connectivity index (χ0n) is 44.7. The molecule has 6 aromatic rings. The number of aliphatic hydroxyl groups excluding tert-OH is 1. The van der Waals surface area contributed by atoms with Crippen LogP contribution in [0.2, 0.25) is 0 Å². The number of amides is 4. The van der Waals surface area contributed by atoms with Crippen LogP contribution in [0.3, 0.4) is 0 Å². The second-order valence-corrected chi connectivity index (χ2v) is 21.7. The van der Waals surface area contributed by atoms with Crippen LogP contribution in [0.4, 0.5) is 42.4 Å². The summed E-state index contributed by atoms with van der Waals surface area (Å²) >= 11 is 0. The molecule has 6 aromatic heterocycles. The molecule has 0 saturated heterocycles. The van der Waals surface area contributed by atoms with Crippen LogP contribution in [0, 0.1) is 85.7 Å². The van der Waals surface area contributed by atoms with Crippen molar-refractivity contribution in [1.82, 2.24) is 60.6 Å². The van der Waals surface area contributed by atoms with Gasteiger partial charge in [0, 0.05) is 59.8 Å². The van der Waals surface area contributed by atoms with Gasteiger partial charge in [0.15, 0.2) is 23.0 Å². The molecule has 0 radical (unpaired) electrons. The number of H-pyrrole nitrogens is 2. The highest BCUT2D eigenvalue weighted by atomic mass is 19.4. The van der Waals surface area contributed by atoms with Gasteiger partial charge in [-0.2, -0.15) is 42.3 Å². The summed E-state index contributed by atoms with van der Waals surface area (Å²) in [7, 11) is 0. The maximum Gasteiger partial charge on any atom is 0.490 e. The van der Waals surface area contributed by atoms with E-state index in [0.717, 1.165) is 47.4 Å². The molecule has 4 aliphatic rings. The Hall–Kier alpha value is -8.04. The molecule has 4 fully saturated rings. The van der Waals surface area contributed by atoms with E-state index in [4.69, 9.17) is 0 Å². The molecule has 82 heavy (non-hydrogen) atoms. The highest BCUT2D eigenvalue weighted by Crippen LogP contribution is 2.56. The maximum atomic E-state index is 16.5. The van der Waals surface area contributed by atoms with Crippen LogP contribution in [0.1, 0.15) is 102 Å². The molecule has 5 atom stereocenters. The number of halogens is 7. The molecule has 3 unspecified atom stereocenters. The van der Waals surface area contributed by atoms with Gasteiger partial charge in [0.1, 0.15) is 23.7 Å². The lowest BCUT2D eigenvalue weighted by molar-refractivity contribution is -0.199. The van der Waals surface area contributed by atoms with E-state index in [-0.39, 0.29) is 97.2 Å². The smallest absolute Gasteiger partial charge is 0.459 e. The quantitative estimate of drug-likeness (QED) is 0.0134. The fourth-order valence-corrected chi connectivity index (χ4v) is 11.5. The Labute approximate surface area is 463 Å². The molecule has 0 aromatic carbocycles. The number of esters is 1. The van der Waals surface area contributed by atoms with E-state index >= 15 is 17.6 Å². The highest BCUT2D eigenvalue weighted by Gasteiger charge is 2.54. The van der Waals surface area contributed by atoms with E-state index in [1.807, 2.05) is 0 Å². The second-order valence-electron chi connectivity index (χ2n) is 21.7. The lowest BCUT2D eigenvalue weighted by atomic mass is 9.86. The van der Waals surface area contributed by atoms with Crippen LogP contribution >= 0.6 is 0 Å². The number of carbonyl (C=O) groups excluding carboxylic acids is 5. The number of alkyl halides is 3. The number of aromatic nitrogens is 10. The number of hydrogen-bond acceptors (Lipinski definition) is 13. The zero-order valence-corrected chi connectivity index (χ0v) is 44.7. The summed E-state index contributed by atoms with van der Waals surface area (Å²) in [5.74, 6) is -11.2. The van der Waals surface area contributed by atoms with Crippen molar-refractivity contribution in [3.8, 4) is 22.3 Å². The Balaban J connectivity index is 0.850. The summed E-state index contributed by atoms with van der Waals surface area (Å²) in [4.78, 5) is 76.0. The van der Waals surface area contributed by atoms with E-state index in [2.05, 4.69) is 66.6 Å². The molecule has 7 N–H and O–H groups in total. The molecule has 4 aliphatic carbocycles. The first-order chi connectivity index (χ1) is 39.2. The number of anilines is 2. The van der Waals surface area contributed by atoms with E-state index < -0.39 is 95.3 Å². The number of carbonyl (C=O) groups is 5. The summed E-state index contributed by atoms with van der Waals surface area (Å²) in [6, 6.07) is 3.17. The van der Waals surface area contributed by atoms with Gasteiger partial charge >= 0.3 is 12.1 Å². The third kappa shape index (κ3) is 12.5. The zero-order chi connectivity index (χ0) is 58.3. The fourth-order valence-electron chi connectivity index (χ4n) is 11.5. The largest absolute Gasteiger partial charge is 0.490 e. The molecule has 6 heterocycles. The molecule has 4 amide bonds. The van der Waals surface area contributed by atoms with E-state index in [1.54, 1.807) is 20.8 Å². The maximum absolute atomic E-state index is 16.5. The lowest BCUT2D eigenvalue weighted by Gasteiger charge is -2.28. The number of nitrogens with zero attached hydrogens (tertiary/aromatic N) is 8.